The number of rotatable bonds is 4. The lowest BCUT2D eigenvalue weighted by molar-refractivity contribution is -0.139. The van der Waals surface area contributed by atoms with Crippen molar-refractivity contribution in [2.45, 2.75) is 0 Å². The van der Waals surface area contributed by atoms with Crippen molar-refractivity contribution in [2.24, 2.45) is 0 Å². The van der Waals surface area contributed by atoms with E-state index in [0.717, 1.165) is 5.69 Å². The Bertz CT molecular complexity index is 978. The zero-order chi connectivity index (χ0) is 21.0. The summed E-state index contributed by atoms with van der Waals surface area (Å²) in [7, 11) is -0.468. The van der Waals surface area contributed by atoms with Crippen LogP contribution in [0.4, 0.5) is 11.4 Å². The second-order valence-electron chi connectivity index (χ2n) is 6.47. The van der Waals surface area contributed by atoms with E-state index >= 15 is 0 Å². The van der Waals surface area contributed by atoms with Crippen molar-refractivity contribution >= 4 is 33.2 Å². The maximum absolute atomic E-state index is 12.4. The Morgan fingerprint density at radius 2 is 1.48 bits per heavy atom. The molecule has 0 spiro atoms. The molecule has 0 radical (unpaired) electrons. The standard InChI is InChI=1S/C20H22N2O6S/c1-27-19(23)17-5-3-4-10-22(18(17)20(24)28-2)16-8-6-15(7-9-16)21-11-13-29(25,26)14-12-21/h3-10H,11-14H2,1-2H3. The van der Waals surface area contributed by atoms with Crippen LogP contribution >= 0.6 is 0 Å². The first-order valence-corrected chi connectivity index (χ1v) is 10.8. The molecule has 0 atom stereocenters. The SMILES string of the molecule is COC(=O)C1=C(C(=O)OC)N(c2ccc(N3CCS(=O)(=O)CC3)cc2)C=CC=C1. The molecule has 0 unspecified atom stereocenters. The molecule has 1 aromatic rings. The average molecular weight is 418 g/mol. The Balaban J connectivity index is 1.93. The minimum absolute atomic E-state index is 0.0427. The highest BCUT2D eigenvalue weighted by Crippen LogP contribution is 2.28. The summed E-state index contributed by atoms with van der Waals surface area (Å²) < 4.78 is 32.9. The summed E-state index contributed by atoms with van der Waals surface area (Å²) in [4.78, 5) is 28.2. The van der Waals surface area contributed by atoms with Gasteiger partial charge in [-0.25, -0.2) is 18.0 Å². The number of esters is 2. The monoisotopic (exact) mass is 418 g/mol. The van der Waals surface area contributed by atoms with Crippen LogP contribution in [0.25, 0.3) is 0 Å². The molecular formula is C20H22N2O6S. The Morgan fingerprint density at radius 3 is 2.07 bits per heavy atom. The third-order valence-corrected chi connectivity index (χ3v) is 6.34. The molecule has 0 aromatic heterocycles. The minimum Gasteiger partial charge on any atom is -0.465 e. The molecule has 0 N–H and O–H groups in total. The Labute approximate surface area is 169 Å². The highest BCUT2D eigenvalue weighted by atomic mass is 32.2. The van der Waals surface area contributed by atoms with E-state index in [1.165, 1.54) is 20.3 Å². The zero-order valence-electron chi connectivity index (χ0n) is 16.2. The first kappa shape index (κ1) is 20.7. The Kier molecular flexibility index (Phi) is 6.07. The number of methoxy groups -OCH3 is 2. The van der Waals surface area contributed by atoms with E-state index in [9.17, 15) is 18.0 Å². The third kappa shape index (κ3) is 4.51. The van der Waals surface area contributed by atoms with Crippen LogP contribution in [0.2, 0.25) is 0 Å². The predicted molar refractivity (Wildman–Crippen MR) is 109 cm³/mol. The lowest BCUT2D eigenvalue weighted by atomic mass is 10.1. The van der Waals surface area contributed by atoms with E-state index in [4.69, 9.17) is 9.47 Å². The molecular weight excluding hydrogens is 396 g/mol. The van der Waals surface area contributed by atoms with E-state index in [1.54, 1.807) is 35.4 Å². The van der Waals surface area contributed by atoms with Crippen molar-refractivity contribution in [3.8, 4) is 0 Å². The van der Waals surface area contributed by atoms with Crippen molar-refractivity contribution in [1.82, 2.24) is 0 Å². The second kappa shape index (κ2) is 8.52. The van der Waals surface area contributed by atoms with Crippen LogP contribution in [0.15, 0.2) is 60.0 Å². The van der Waals surface area contributed by atoms with Crippen molar-refractivity contribution in [2.75, 3.05) is 48.6 Å². The van der Waals surface area contributed by atoms with Crippen LogP contribution in [-0.4, -0.2) is 59.2 Å². The number of hydrogen-bond donors (Lipinski definition) is 0. The summed E-state index contributed by atoms with van der Waals surface area (Å²) in [6.45, 7) is 0.879. The van der Waals surface area contributed by atoms with Gasteiger partial charge < -0.3 is 19.3 Å². The van der Waals surface area contributed by atoms with Gasteiger partial charge in [0.25, 0.3) is 0 Å². The number of carbonyl (C=O) groups excluding carboxylic acids is 2. The largest absolute Gasteiger partial charge is 0.465 e. The maximum Gasteiger partial charge on any atom is 0.355 e. The third-order valence-electron chi connectivity index (χ3n) is 4.73. The molecule has 154 valence electrons. The van der Waals surface area contributed by atoms with E-state index in [-0.39, 0.29) is 22.8 Å². The number of anilines is 2. The summed E-state index contributed by atoms with van der Waals surface area (Å²) >= 11 is 0. The average Bonchev–Trinajstić information content (AvgIpc) is 2.96. The molecule has 8 nitrogen and oxygen atoms in total. The molecule has 1 saturated heterocycles. The number of allylic oxidation sites excluding steroid dienone is 2. The maximum atomic E-state index is 12.4. The fourth-order valence-corrected chi connectivity index (χ4v) is 4.36. The molecule has 29 heavy (non-hydrogen) atoms. The van der Waals surface area contributed by atoms with Crippen LogP contribution in [0.1, 0.15) is 0 Å². The second-order valence-corrected chi connectivity index (χ2v) is 8.77. The first-order chi connectivity index (χ1) is 13.9. The lowest BCUT2D eigenvalue weighted by Crippen LogP contribution is -2.40. The number of benzene rings is 1. The van der Waals surface area contributed by atoms with Crippen LogP contribution in [0, 0.1) is 0 Å². The van der Waals surface area contributed by atoms with Gasteiger partial charge in [-0.3, -0.25) is 0 Å². The van der Waals surface area contributed by atoms with Crippen molar-refractivity contribution < 1.29 is 27.5 Å². The van der Waals surface area contributed by atoms with Crippen LogP contribution in [-0.2, 0) is 28.9 Å². The summed E-state index contributed by atoms with van der Waals surface area (Å²) in [5.41, 5.74) is 1.65. The van der Waals surface area contributed by atoms with Crippen molar-refractivity contribution in [3.63, 3.8) is 0 Å². The summed E-state index contributed by atoms with van der Waals surface area (Å²) in [5, 5.41) is 0. The van der Waals surface area contributed by atoms with Crippen molar-refractivity contribution in [3.05, 3.63) is 60.0 Å². The number of nitrogens with zero attached hydrogens (tertiary/aromatic N) is 2. The van der Waals surface area contributed by atoms with E-state index < -0.39 is 21.8 Å². The van der Waals surface area contributed by atoms with Gasteiger partial charge in [0, 0.05) is 30.7 Å². The number of ether oxygens (including phenoxy) is 2. The van der Waals surface area contributed by atoms with Gasteiger partial charge in [-0.1, -0.05) is 6.08 Å². The number of sulfone groups is 1. The normalized spacial score (nSPS) is 18.4. The molecule has 1 aromatic carbocycles. The molecule has 1 fully saturated rings. The molecule has 9 heteroatoms. The molecule has 0 bridgehead atoms. The number of carbonyl (C=O) groups is 2. The number of hydrogen-bond acceptors (Lipinski definition) is 8. The molecule has 2 aliphatic rings. The van der Waals surface area contributed by atoms with Crippen molar-refractivity contribution in [1.29, 1.82) is 0 Å². The quantitative estimate of drug-likeness (QED) is 0.678. The van der Waals surface area contributed by atoms with Gasteiger partial charge in [-0.05, 0) is 36.4 Å². The zero-order valence-corrected chi connectivity index (χ0v) is 17.0. The van der Waals surface area contributed by atoms with Crippen LogP contribution < -0.4 is 9.80 Å². The Hall–Kier alpha value is -3.07. The fraction of sp³-hybridized carbons (Fsp3) is 0.300. The first-order valence-electron chi connectivity index (χ1n) is 8.97. The molecule has 2 aliphatic heterocycles. The van der Waals surface area contributed by atoms with Gasteiger partial charge in [-0.2, -0.15) is 0 Å². The topological polar surface area (TPSA) is 93.2 Å². The van der Waals surface area contributed by atoms with E-state index in [1.807, 2.05) is 17.0 Å². The Morgan fingerprint density at radius 1 is 0.897 bits per heavy atom. The van der Waals surface area contributed by atoms with E-state index in [2.05, 4.69) is 0 Å². The van der Waals surface area contributed by atoms with E-state index in [0.29, 0.717) is 18.8 Å². The predicted octanol–water partition coefficient (Wildman–Crippen LogP) is 1.41. The molecule has 3 rings (SSSR count). The summed E-state index contributed by atoms with van der Waals surface area (Å²) in [6, 6.07) is 7.30. The van der Waals surface area contributed by atoms with Gasteiger partial charge >= 0.3 is 11.9 Å². The summed E-state index contributed by atoms with van der Waals surface area (Å²) in [5.74, 6) is -1.06. The smallest absolute Gasteiger partial charge is 0.355 e. The van der Waals surface area contributed by atoms with Crippen LogP contribution in [0.3, 0.4) is 0 Å². The van der Waals surface area contributed by atoms with Gasteiger partial charge in [0.1, 0.15) is 5.70 Å². The van der Waals surface area contributed by atoms with Gasteiger partial charge in [-0.15, -0.1) is 0 Å². The fourth-order valence-electron chi connectivity index (χ4n) is 3.16. The highest BCUT2D eigenvalue weighted by Gasteiger charge is 2.28. The summed E-state index contributed by atoms with van der Waals surface area (Å²) in [6.07, 6.45) is 6.48. The molecule has 2 heterocycles. The highest BCUT2D eigenvalue weighted by molar-refractivity contribution is 7.91. The minimum atomic E-state index is -2.96. The van der Waals surface area contributed by atoms with Gasteiger partial charge in [0.2, 0.25) is 0 Å². The van der Waals surface area contributed by atoms with Gasteiger partial charge in [0.05, 0.1) is 31.3 Å². The molecule has 0 aliphatic carbocycles. The molecule has 0 saturated carbocycles. The van der Waals surface area contributed by atoms with Crippen LogP contribution in [0.5, 0.6) is 0 Å². The molecule has 0 amide bonds. The lowest BCUT2D eigenvalue weighted by Gasteiger charge is -2.29. The van der Waals surface area contributed by atoms with Gasteiger partial charge in [0.15, 0.2) is 9.84 Å².